The molecule has 0 aliphatic heterocycles. The number of halogens is 1. The largest absolute Gasteiger partial charge is 0.217 e. The molecule has 0 amide bonds. The van der Waals surface area contributed by atoms with Gasteiger partial charge in [-0.2, -0.15) is 0 Å². The van der Waals surface area contributed by atoms with Gasteiger partial charge in [0.25, 0.3) is 0 Å². The molecule has 0 nitrogen and oxygen atoms in total. The van der Waals surface area contributed by atoms with Crippen molar-refractivity contribution in [3.05, 3.63) is 0 Å². The van der Waals surface area contributed by atoms with Gasteiger partial charge in [-0.15, -0.1) is 22.4 Å². The van der Waals surface area contributed by atoms with Crippen LogP contribution in [0.25, 0.3) is 0 Å². The maximum Gasteiger partial charge on any atom is 0.217 e. The van der Waals surface area contributed by atoms with E-state index in [0.29, 0.717) is 0 Å². The minimum absolute atomic E-state index is 0.905. The van der Waals surface area contributed by atoms with Crippen molar-refractivity contribution < 1.29 is 0 Å². The van der Waals surface area contributed by atoms with E-state index in [2.05, 4.69) is 36.2 Å². The van der Waals surface area contributed by atoms with Crippen LogP contribution < -0.4 is 0 Å². The first-order valence-electron chi connectivity index (χ1n) is 2.45. The predicted molar refractivity (Wildman–Crippen MR) is 40.7 cm³/mol. The second kappa shape index (κ2) is 3.97. The van der Waals surface area contributed by atoms with E-state index in [-0.39, 0.29) is 0 Å². The lowest BCUT2D eigenvalue weighted by Gasteiger charge is -1.90. The monoisotopic (exact) mass is 196 g/mol. The van der Waals surface area contributed by atoms with Gasteiger partial charge in [-0.3, -0.25) is 0 Å². The van der Waals surface area contributed by atoms with E-state index in [1.807, 2.05) is 0 Å². The molecule has 36 valence electrons. The third-order valence-corrected chi connectivity index (χ3v) is 2.65. The van der Waals surface area contributed by atoms with Crippen LogP contribution in [0.1, 0.15) is 13.8 Å². The Kier molecular flexibility index (Phi) is 4.49. The summed E-state index contributed by atoms with van der Waals surface area (Å²) >= 11 is 2.47. The molecule has 0 saturated carbocycles. The van der Waals surface area contributed by atoms with Gasteiger partial charge >= 0.3 is 0 Å². The van der Waals surface area contributed by atoms with Crippen LogP contribution in [0.2, 0.25) is 12.6 Å². The van der Waals surface area contributed by atoms with Crippen LogP contribution in [0, 0.1) is 0 Å². The van der Waals surface area contributed by atoms with E-state index in [0.717, 1.165) is 4.57 Å². The summed E-state index contributed by atoms with van der Waals surface area (Å²) in [6.45, 7) is 4.45. The summed E-state index contributed by atoms with van der Waals surface area (Å²) in [5.41, 5.74) is 0. The highest BCUT2D eigenvalue weighted by Gasteiger charge is 1.98. The molecule has 0 aromatic rings. The second-order valence-corrected chi connectivity index (χ2v) is 3.18. The first-order valence-corrected chi connectivity index (χ1v) is 3.69. The molecule has 0 radical (unpaired) electrons. The zero-order chi connectivity index (χ0) is 4.99. The quantitative estimate of drug-likeness (QED) is 0.469. The van der Waals surface area contributed by atoms with Gasteiger partial charge in [0, 0.05) is 0 Å². The van der Waals surface area contributed by atoms with Crippen LogP contribution in [-0.2, 0) is 0 Å². The average molecular weight is 196 g/mol. The van der Waals surface area contributed by atoms with Gasteiger partial charge in [0.2, 0.25) is 4.57 Å². The van der Waals surface area contributed by atoms with Gasteiger partial charge in [-0.1, -0.05) is 26.5 Å². The number of hydrogen-bond acceptors (Lipinski definition) is 0. The van der Waals surface area contributed by atoms with Gasteiger partial charge in [-0.05, 0) is 0 Å². The molecule has 0 atom stereocenters. The van der Waals surface area contributed by atoms with Crippen LogP contribution in [0.15, 0.2) is 0 Å². The van der Waals surface area contributed by atoms with Gasteiger partial charge in [0.15, 0.2) is 0 Å². The SMILES string of the molecule is CCB(I)CC. The first-order chi connectivity index (χ1) is 2.81. The predicted octanol–water partition coefficient (Wildman–Crippen LogP) is 2.45. The molecule has 0 heterocycles. The van der Waals surface area contributed by atoms with Crippen LogP contribution >= 0.6 is 22.4 Å². The Labute approximate surface area is 53.7 Å². The fourth-order valence-corrected chi connectivity index (χ4v) is 0.289. The molecule has 0 fully saturated rings. The standard InChI is InChI=1S/C4H10BI/c1-3-5(6)4-2/h3-4H2,1-2H3. The molecule has 0 spiro atoms. The Morgan fingerprint density at radius 2 is 1.67 bits per heavy atom. The normalized spacial score (nSPS) is 8.50. The first kappa shape index (κ1) is 6.79. The molecule has 2 heteroatoms. The molecule has 0 rings (SSSR count). The second-order valence-electron chi connectivity index (χ2n) is 1.41. The molecule has 0 aliphatic rings. The minimum atomic E-state index is 0.905. The summed E-state index contributed by atoms with van der Waals surface area (Å²) in [4.78, 5) is 0. The van der Waals surface area contributed by atoms with E-state index < -0.39 is 0 Å². The van der Waals surface area contributed by atoms with E-state index in [4.69, 9.17) is 0 Å². The van der Waals surface area contributed by atoms with E-state index in [1.54, 1.807) is 0 Å². The van der Waals surface area contributed by atoms with E-state index in [1.165, 1.54) is 12.6 Å². The van der Waals surface area contributed by atoms with Gasteiger partial charge in [-0.25, -0.2) is 0 Å². The van der Waals surface area contributed by atoms with Crippen molar-refractivity contribution in [1.82, 2.24) is 0 Å². The highest BCUT2D eigenvalue weighted by Crippen LogP contribution is 2.04. The van der Waals surface area contributed by atoms with Crippen LogP contribution in [0.4, 0.5) is 0 Å². The van der Waals surface area contributed by atoms with Crippen LogP contribution in [-0.4, -0.2) is 4.57 Å². The zero-order valence-electron chi connectivity index (χ0n) is 4.37. The molecule has 0 aliphatic carbocycles. The molecule has 6 heavy (non-hydrogen) atoms. The molecule has 0 aromatic carbocycles. The van der Waals surface area contributed by atoms with Crippen LogP contribution in [0.5, 0.6) is 0 Å². The summed E-state index contributed by atoms with van der Waals surface area (Å²) in [6, 6.07) is 0. The number of rotatable bonds is 2. The maximum atomic E-state index is 2.47. The number of hydrogen-bond donors (Lipinski definition) is 0. The smallest absolute Gasteiger partial charge is 0.150 e. The lowest BCUT2D eigenvalue weighted by Crippen LogP contribution is -1.93. The summed E-state index contributed by atoms with van der Waals surface area (Å²) in [5, 5.41) is 0. The van der Waals surface area contributed by atoms with E-state index >= 15 is 0 Å². The lowest BCUT2D eigenvalue weighted by atomic mass is 9.72. The Hall–Kier alpha value is 0.795. The fourth-order valence-electron chi connectivity index (χ4n) is 0.289. The summed E-state index contributed by atoms with van der Waals surface area (Å²) in [7, 11) is 0. The van der Waals surface area contributed by atoms with Crippen molar-refractivity contribution in [2.75, 3.05) is 0 Å². The average Bonchev–Trinajstić information content (AvgIpc) is 1.65. The summed E-state index contributed by atoms with van der Waals surface area (Å²) in [5.74, 6) is 0. The van der Waals surface area contributed by atoms with Crippen molar-refractivity contribution >= 4 is 26.9 Å². The molecule has 0 aromatic heterocycles. The summed E-state index contributed by atoms with van der Waals surface area (Å²) < 4.78 is 0.905. The topological polar surface area (TPSA) is 0 Å². The molecule has 0 unspecified atom stereocenters. The Bertz CT molecular complexity index is 26.7. The van der Waals surface area contributed by atoms with Crippen LogP contribution in [0.3, 0.4) is 0 Å². The lowest BCUT2D eigenvalue weighted by molar-refractivity contribution is 1.36. The molecule has 0 bridgehead atoms. The van der Waals surface area contributed by atoms with Crippen molar-refractivity contribution in [1.29, 1.82) is 0 Å². The van der Waals surface area contributed by atoms with Crippen molar-refractivity contribution in [2.24, 2.45) is 0 Å². The summed E-state index contributed by atoms with van der Waals surface area (Å²) in [6.07, 6.45) is 2.63. The Morgan fingerprint density at radius 1 is 1.33 bits per heavy atom. The van der Waals surface area contributed by atoms with Gasteiger partial charge in [0.05, 0.1) is 0 Å². The molecule has 0 N–H and O–H groups in total. The third kappa shape index (κ3) is 3.00. The zero-order valence-corrected chi connectivity index (χ0v) is 6.53. The Balaban J connectivity index is 2.75. The van der Waals surface area contributed by atoms with Crippen molar-refractivity contribution in [2.45, 2.75) is 26.5 Å². The van der Waals surface area contributed by atoms with Gasteiger partial charge in [0.1, 0.15) is 0 Å². The van der Waals surface area contributed by atoms with Crippen molar-refractivity contribution in [3.8, 4) is 0 Å². The maximum absolute atomic E-state index is 2.47. The highest BCUT2D eigenvalue weighted by molar-refractivity contribution is 14.1. The van der Waals surface area contributed by atoms with Gasteiger partial charge < -0.3 is 0 Å². The molecular formula is C4H10BI. The minimum Gasteiger partial charge on any atom is -0.150 e. The van der Waals surface area contributed by atoms with E-state index in [9.17, 15) is 0 Å². The van der Waals surface area contributed by atoms with Crippen molar-refractivity contribution in [3.63, 3.8) is 0 Å². The molecule has 0 saturated heterocycles. The third-order valence-electron chi connectivity index (χ3n) is 0.886. The Morgan fingerprint density at radius 3 is 1.67 bits per heavy atom. The fraction of sp³-hybridized carbons (Fsp3) is 1.00. The molecular weight excluding hydrogens is 186 g/mol. The highest BCUT2D eigenvalue weighted by atomic mass is 127.